The van der Waals surface area contributed by atoms with Crippen molar-refractivity contribution in [2.24, 2.45) is 0 Å². The summed E-state index contributed by atoms with van der Waals surface area (Å²) in [5, 5.41) is 11.0. The van der Waals surface area contributed by atoms with E-state index in [4.69, 9.17) is 11.6 Å². The SMILES string of the molecule is Cc1nc(-c2ccc(CNc3c(Cl)ccc4c3CCNCC4)cc2)cs1. The van der Waals surface area contributed by atoms with Crippen molar-refractivity contribution in [2.75, 3.05) is 18.4 Å². The molecule has 0 bridgehead atoms. The number of aromatic nitrogens is 1. The number of benzene rings is 2. The van der Waals surface area contributed by atoms with Crippen LogP contribution in [0.25, 0.3) is 11.3 Å². The van der Waals surface area contributed by atoms with E-state index in [2.05, 4.69) is 51.3 Å². The number of nitrogens with one attached hydrogen (secondary N) is 2. The lowest BCUT2D eigenvalue weighted by Gasteiger charge is -2.16. The van der Waals surface area contributed by atoms with Gasteiger partial charge in [0.05, 0.1) is 21.4 Å². The summed E-state index contributed by atoms with van der Waals surface area (Å²) in [4.78, 5) is 4.55. The van der Waals surface area contributed by atoms with Crippen LogP contribution in [0, 0.1) is 6.92 Å². The van der Waals surface area contributed by atoms with Crippen LogP contribution in [-0.2, 0) is 19.4 Å². The van der Waals surface area contributed by atoms with Crippen molar-refractivity contribution in [3.63, 3.8) is 0 Å². The van der Waals surface area contributed by atoms with Crippen LogP contribution < -0.4 is 10.6 Å². The van der Waals surface area contributed by atoms with Gasteiger partial charge in [0.1, 0.15) is 0 Å². The molecule has 0 saturated heterocycles. The number of anilines is 1. The Hall–Kier alpha value is -1.88. The molecule has 0 spiro atoms. The molecule has 0 saturated carbocycles. The van der Waals surface area contributed by atoms with Crippen LogP contribution in [0.1, 0.15) is 21.7 Å². The van der Waals surface area contributed by atoms with Gasteiger partial charge in [0, 0.05) is 17.5 Å². The molecule has 2 heterocycles. The molecule has 26 heavy (non-hydrogen) atoms. The maximum absolute atomic E-state index is 6.50. The van der Waals surface area contributed by atoms with Crippen molar-refractivity contribution in [3.8, 4) is 11.3 Å². The molecule has 4 rings (SSSR count). The molecule has 2 N–H and O–H groups in total. The highest BCUT2D eigenvalue weighted by Crippen LogP contribution is 2.31. The van der Waals surface area contributed by atoms with Gasteiger partial charge in [-0.2, -0.15) is 0 Å². The number of halogens is 1. The van der Waals surface area contributed by atoms with E-state index >= 15 is 0 Å². The Morgan fingerprint density at radius 2 is 1.92 bits per heavy atom. The summed E-state index contributed by atoms with van der Waals surface area (Å²) in [6.07, 6.45) is 2.07. The molecule has 1 aliphatic heterocycles. The fourth-order valence-corrected chi connectivity index (χ4v) is 4.28. The second kappa shape index (κ2) is 7.78. The van der Waals surface area contributed by atoms with Crippen molar-refractivity contribution in [1.29, 1.82) is 0 Å². The number of aryl methyl sites for hydroxylation is 1. The lowest BCUT2D eigenvalue weighted by molar-refractivity contribution is 0.711. The first-order valence-electron chi connectivity index (χ1n) is 8.97. The van der Waals surface area contributed by atoms with Gasteiger partial charge in [-0.15, -0.1) is 11.3 Å². The number of thiazole rings is 1. The van der Waals surface area contributed by atoms with Gasteiger partial charge in [0.25, 0.3) is 0 Å². The van der Waals surface area contributed by atoms with E-state index < -0.39 is 0 Å². The van der Waals surface area contributed by atoms with Crippen LogP contribution in [-0.4, -0.2) is 18.1 Å². The molecular weight excluding hydrogens is 362 g/mol. The lowest BCUT2D eigenvalue weighted by atomic mass is 10.0. The van der Waals surface area contributed by atoms with E-state index in [-0.39, 0.29) is 0 Å². The van der Waals surface area contributed by atoms with Gasteiger partial charge < -0.3 is 10.6 Å². The molecule has 2 aromatic carbocycles. The van der Waals surface area contributed by atoms with Gasteiger partial charge in [-0.1, -0.05) is 41.9 Å². The van der Waals surface area contributed by atoms with Gasteiger partial charge in [0.2, 0.25) is 0 Å². The van der Waals surface area contributed by atoms with E-state index in [0.29, 0.717) is 0 Å². The summed E-state index contributed by atoms with van der Waals surface area (Å²) in [6.45, 7) is 4.84. The van der Waals surface area contributed by atoms with Crippen molar-refractivity contribution < 1.29 is 0 Å². The summed E-state index contributed by atoms with van der Waals surface area (Å²) in [6, 6.07) is 12.8. The summed E-state index contributed by atoms with van der Waals surface area (Å²) in [5.74, 6) is 0. The number of nitrogens with zero attached hydrogens (tertiary/aromatic N) is 1. The smallest absolute Gasteiger partial charge is 0.0901 e. The van der Waals surface area contributed by atoms with Crippen molar-refractivity contribution in [2.45, 2.75) is 26.3 Å². The second-order valence-electron chi connectivity index (χ2n) is 6.61. The normalized spacial score (nSPS) is 13.9. The minimum atomic E-state index is 0.764. The van der Waals surface area contributed by atoms with Gasteiger partial charge in [-0.3, -0.25) is 0 Å². The molecule has 3 aromatic rings. The summed E-state index contributed by atoms with van der Waals surface area (Å²) in [7, 11) is 0. The van der Waals surface area contributed by atoms with Crippen LogP contribution in [0.4, 0.5) is 5.69 Å². The standard InChI is InChI=1S/C21H22ClN3S/c1-14-25-20(13-26-14)17-4-2-15(3-5-17)12-24-21-18-9-11-23-10-8-16(18)6-7-19(21)22/h2-7,13,23-24H,8-12H2,1H3. The van der Waals surface area contributed by atoms with Gasteiger partial charge in [0.15, 0.2) is 0 Å². The number of rotatable bonds is 4. The minimum absolute atomic E-state index is 0.764. The molecular formula is C21H22ClN3S. The Balaban J connectivity index is 1.51. The molecule has 0 amide bonds. The van der Waals surface area contributed by atoms with E-state index in [0.717, 1.165) is 59.5 Å². The van der Waals surface area contributed by atoms with E-state index in [1.54, 1.807) is 11.3 Å². The third-order valence-corrected chi connectivity index (χ3v) is 5.91. The van der Waals surface area contributed by atoms with Crippen LogP contribution >= 0.6 is 22.9 Å². The first-order valence-corrected chi connectivity index (χ1v) is 10.2. The third-order valence-electron chi connectivity index (χ3n) is 4.82. The van der Waals surface area contributed by atoms with E-state index in [1.165, 1.54) is 16.7 Å². The molecule has 0 aliphatic carbocycles. The highest BCUT2D eigenvalue weighted by atomic mass is 35.5. The number of fused-ring (bicyclic) bond motifs is 1. The molecule has 134 valence electrons. The quantitative estimate of drug-likeness (QED) is 0.660. The van der Waals surface area contributed by atoms with Crippen molar-refractivity contribution in [1.82, 2.24) is 10.3 Å². The molecule has 5 heteroatoms. The third kappa shape index (κ3) is 3.78. The summed E-state index contributed by atoms with van der Waals surface area (Å²) >= 11 is 8.18. The van der Waals surface area contributed by atoms with Gasteiger partial charge in [-0.05, 0) is 55.6 Å². The first kappa shape index (κ1) is 17.5. The molecule has 0 atom stereocenters. The Morgan fingerprint density at radius 1 is 1.12 bits per heavy atom. The Morgan fingerprint density at radius 3 is 2.69 bits per heavy atom. The number of hydrogen-bond donors (Lipinski definition) is 2. The Bertz CT molecular complexity index is 902. The predicted octanol–water partition coefficient (Wildman–Crippen LogP) is 5.07. The minimum Gasteiger partial charge on any atom is -0.380 e. The fourth-order valence-electron chi connectivity index (χ4n) is 3.41. The Labute approximate surface area is 163 Å². The zero-order valence-electron chi connectivity index (χ0n) is 14.8. The average Bonchev–Trinajstić information content (AvgIpc) is 2.95. The average molecular weight is 384 g/mol. The highest BCUT2D eigenvalue weighted by molar-refractivity contribution is 7.09. The maximum Gasteiger partial charge on any atom is 0.0901 e. The van der Waals surface area contributed by atoms with Crippen LogP contribution in [0.15, 0.2) is 41.8 Å². The largest absolute Gasteiger partial charge is 0.380 e. The molecule has 0 radical (unpaired) electrons. The van der Waals surface area contributed by atoms with E-state index in [9.17, 15) is 0 Å². The van der Waals surface area contributed by atoms with Gasteiger partial charge in [-0.25, -0.2) is 4.98 Å². The molecule has 1 aliphatic rings. The van der Waals surface area contributed by atoms with E-state index in [1.807, 2.05) is 13.0 Å². The molecule has 0 fully saturated rings. The summed E-state index contributed by atoms with van der Waals surface area (Å²) in [5.41, 5.74) is 7.30. The fraction of sp³-hybridized carbons (Fsp3) is 0.286. The Kier molecular flexibility index (Phi) is 5.25. The molecule has 0 unspecified atom stereocenters. The second-order valence-corrected chi connectivity index (χ2v) is 8.08. The summed E-state index contributed by atoms with van der Waals surface area (Å²) < 4.78 is 0. The number of hydrogen-bond acceptors (Lipinski definition) is 4. The van der Waals surface area contributed by atoms with Crippen LogP contribution in [0.5, 0.6) is 0 Å². The lowest BCUT2D eigenvalue weighted by Crippen LogP contribution is -2.16. The van der Waals surface area contributed by atoms with Crippen molar-refractivity contribution in [3.05, 3.63) is 68.5 Å². The van der Waals surface area contributed by atoms with Crippen LogP contribution in [0.3, 0.4) is 0 Å². The predicted molar refractivity (Wildman–Crippen MR) is 111 cm³/mol. The van der Waals surface area contributed by atoms with Crippen LogP contribution in [0.2, 0.25) is 5.02 Å². The van der Waals surface area contributed by atoms with Crippen molar-refractivity contribution >= 4 is 28.6 Å². The monoisotopic (exact) mass is 383 g/mol. The first-order chi connectivity index (χ1) is 12.7. The topological polar surface area (TPSA) is 37.0 Å². The zero-order chi connectivity index (χ0) is 17.9. The zero-order valence-corrected chi connectivity index (χ0v) is 16.4. The maximum atomic E-state index is 6.50. The van der Waals surface area contributed by atoms with Gasteiger partial charge >= 0.3 is 0 Å². The molecule has 1 aromatic heterocycles. The molecule has 3 nitrogen and oxygen atoms in total. The highest BCUT2D eigenvalue weighted by Gasteiger charge is 2.14.